The Morgan fingerprint density at radius 2 is 2.21 bits per heavy atom. The van der Waals surface area contributed by atoms with E-state index in [4.69, 9.17) is 16.2 Å². The number of hydrogen-bond donors (Lipinski definition) is 2. The highest BCUT2D eigenvalue weighted by Gasteiger charge is 2.08. The summed E-state index contributed by atoms with van der Waals surface area (Å²) < 4.78 is 5.38. The van der Waals surface area contributed by atoms with Crippen molar-refractivity contribution in [2.45, 2.75) is 32.7 Å². The molecule has 0 heterocycles. The molecule has 0 aliphatic heterocycles. The average Bonchev–Trinajstić information content (AvgIpc) is 2.15. The number of nitrogens with two attached hydrogens (primary N) is 2. The lowest BCUT2D eigenvalue weighted by Crippen LogP contribution is -2.33. The molecule has 4 nitrogen and oxygen atoms in total. The first-order valence-corrected chi connectivity index (χ1v) is 4.89. The summed E-state index contributed by atoms with van der Waals surface area (Å²) in [4.78, 5) is 10.7. The zero-order valence-electron chi connectivity index (χ0n) is 8.95. The Balaban J connectivity index is 3.98. The summed E-state index contributed by atoms with van der Waals surface area (Å²) in [7, 11) is 0. The molecule has 0 aliphatic rings. The number of allylic oxidation sites excluding steroid dienone is 1. The van der Waals surface area contributed by atoms with E-state index in [0.717, 1.165) is 6.42 Å². The van der Waals surface area contributed by atoms with E-state index in [-0.39, 0.29) is 11.8 Å². The summed E-state index contributed by atoms with van der Waals surface area (Å²) in [5, 5.41) is 0. The number of rotatable bonds is 7. The van der Waals surface area contributed by atoms with Gasteiger partial charge in [-0.1, -0.05) is 6.92 Å². The molecule has 4 heteroatoms. The molecule has 0 spiro atoms. The maximum Gasteiger partial charge on any atom is 0.133 e. The molecular formula is C10H20N2O2. The molecule has 0 saturated carbocycles. The zero-order valence-corrected chi connectivity index (χ0v) is 8.95. The second kappa shape index (κ2) is 7.53. The maximum absolute atomic E-state index is 10.7. The zero-order chi connectivity index (χ0) is 11.0. The first kappa shape index (κ1) is 13.1. The van der Waals surface area contributed by atoms with Crippen molar-refractivity contribution in [1.82, 2.24) is 0 Å². The van der Waals surface area contributed by atoms with Crippen LogP contribution >= 0.6 is 0 Å². The van der Waals surface area contributed by atoms with E-state index in [1.165, 1.54) is 6.92 Å². The minimum atomic E-state index is -0.262. The third-order valence-corrected chi connectivity index (χ3v) is 1.75. The third kappa shape index (κ3) is 5.72. The van der Waals surface area contributed by atoms with Crippen LogP contribution in [-0.2, 0) is 9.53 Å². The molecule has 14 heavy (non-hydrogen) atoms. The van der Waals surface area contributed by atoms with Crippen LogP contribution in [0, 0.1) is 0 Å². The highest BCUT2D eigenvalue weighted by molar-refractivity contribution is 5.75. The molecule has 82 valence electrons. The molecule has 4 N–H and O–H groups in total. The van der Waals surface area contributed by atoms with E-state index < -0.39 is 0 Å². The Labute approximate surface area is 85.3 Å². The molecule has 0 bridgehead atoms. The fourth-order valence-electron chi connectivity index (χ4n) is 0.947. The van der Waals surface area contributed by atoms with Gasteiger partial charge in [-0.3, -0.25) is 4.79 Å². The fourth-order valence-corrected chi connectivity index (χ4v) is 0.947. The van der Waals surface area contributed by atoms with E-state index in [9.17, 15) is 4.79 Å². The second-order valence-electron chi connectivity index (χ2n) is 3.16. The van der Waals surface area contributed by atoms with Crippen LogP contribution in [0.3, 0.4) is 0 Å². The monoisotopic (exact) mass is 200 g/mol. The van der Waals surface area contributed by atoms with Crippen molar-refractivity contribution < 1.29 is 9.53 Å². The highest BCUT2D eigenvalue weighted by atomic mass is 16.5. The SMILES string of the molecule is CC/C=C(/OCCC(C)=O)C(N)CN. The van der Waals surface area contributed by atoms with Crippen LogP contribution in [0.2, 0.25) is 0 Å². The van der Waals surface area contributed by atoms with Gasteiger partial charge in [0.2, 0.25) is 0 Å². The summed E-state index contributed by atoms with van der Waals surface area (Å²) in [6, 6.07) is -0.262. The highest BCUT2D eigenvalue weighted by Crippen LogP contribution is 2.04. The standard InChI is InChI=1S/C10H20N2O2/c1-3-4-10(9(12)7-11)14-6-5-8(2)13/h4,9H,3,5-7,11-12H2,1-2H3/b10-4+. The van der Waals surface area contributed by atoms with Gasteiger partial charge in [-0.05, 0) is 19.4 Å². The van der Waals surface area contributed by atoms with E-state index in [1.54, 1.807) is 0 Å². The molecule has 1 atom stereocenters. The molecule has 1 unspecified atom stereocenters. The number of ketones is 1. The summed E-state index contributed by atoms with van der Waals surface area (Å²) >= 11 is 0. The molecule has 0 amide bonds. The normalized spacial score (nSPS) is 13.9. The van der Waals surface area contributed by atoms with E-state index in [0.29, 0.717) is 25.3 Å². The Morgan fingerprint density at radius 3 is 2.64 bits per heavy atom. The van der Waals surface area contributed by atoms with Crippen LogP contribution in [0.25, 0.3) is 0 Å². The molecule has 0 aliphatic carbocycles. The number of ether oxygens (including phenoxy) is 1. The first-order valence-electron chi connectivity index (χ1n) is 4.89. The Kier molecular flexibility index (Phi) is 7.06. The topological polar surface area (TPSA) is 78.3 Å². The Morgan fingerprint density at radius 1 is 1.57 bits per heavy atom. The molecule has 0 aromatic rings. The van der Waals surface area contributed by atoms with Crippen molar-refractivity contribution in [2.24, 2.45) is 11.5 Å². The van der Waals surface area contributed by atoms with Crippen LogP contribution < -0.4 is 11.5 Å². The van der Waals surface area contributed by atoms with Crippen LogP contribution in [0.5, 0.6) is 0 Å². The Hall–Kier alpha value is -0.870. The smallest absolute Gasteiger partial charge is 0.133 e. The fraction of sp³-hybridized carbons (Fsp3) is 0.700. The summed E-state index contributed by atoms with van der Waals surface area (Å²) in [5.41, 5.74) is 11.1. The summed E-state index contributed by atoms with van der Waals surface area (Å²) in [6.45, 7) is 4.27. The minimum Gasteiger partial charge on any atom is -0.496 e. The molecule has 0 fully saturated rings. The summed E-state index contributed by atoms with van der Waals surface area (Å²) in [5.74, 6) is 0.804. The average molecular weight is 200 g/mol. The van der Waals surface area contributed by atoms with Crippen LogP contribution in [0.4, 0.5) is 0 Å². The minimum absolute atomic E-state index is 0.113. The van der Waals surface area contributed by atoms with E-state index >= 15 is 0 Å². The predicted octanol–water partition coefficient (Wildman–Crippen LogP) is 0.562. The number of Topliss-reactive ketones (excluding diaryl/α,β-unsaturated/α-hetero) is 1. The molecule has 0 rings (SSSR count). The third-order valence-electron chi connectivity index (χ3n) is 1.75. The van der Waals surface area contributed by atoms with Gasteiger partial charge < -0.3 is 16.2 Å². The molecule has 0 radical (unpaired) electrons. The number of carbonyl (C=O) groups excluding carboxylic acids is 1. The van der Waals surface area contributed by atoms with Crippen molar-refractivity contribution in [1.29, 1.82) is 0 Å². The van der Waals surface area contributed by atoms with Crippen LogP contribution in [0.1, 0.15) is 26.7 Å². The first-order chi connectivity index (χ1) is 6.61. The molecular weight excluding hydrogens is 180 g/mol. The van der Waals surface area contributed by atoms with Gasteiger partial charge in [-0.25, -0.2) is 0 Å². The van der Waals surface area contributed by atoms with E-state index in [2.05, 4.69) is 0 Å². The molecule has 0 aromatic heterocycles. The van der Waals surface area contributed by atoms with Gasteiger partial charge >= 0.3 is 0 Å². The van der Waals surface area contributed by atoms with Crippen molar-refractivity contribution >= 4 is 5.78 Å². The quantitative estimate of drug-likeness (QED) is 0.589. The lowest BCUT2D eigenvalue weighted by atomic mass is 10.2. The predicted molar refractivity (Wildman–Crippen MR) is 56.7 cm³/mol. The largest absolute Gasteiger partial charge is 0.496 e. The van der Waals surface area contributed by atoms with Crippen molar-refractivity contribution in [3.05, 3.63) is 11.8 Å². The Bertz CT molecular complexity index is 202. The number of hydrogen-bond acceptors (Lipinski definition) is 4. The van der Waals surface area contributed by atoms with Gasteiger partial charge in [0, 0.05) is 13.0 Å². The van der Waals surface area contributed by atoms with Gasteiger partial charge in [0.15, 0.2) is 0 Å². The van der Waals surface area contributed by atoms with Gasteiger partial charge in [0.25, 0.3) is 0 Å². The molecule has 0 aromatic carbocycles. The lowest BCUT2D eigenvalue weighted by Gasteiger charge is -2.15. The van der Waals surface area contributed by atoms with Gasteiger partial charge in [-0.2, -0.15) is 0 Å². The van der Waals surface area contributed by atoms with E-state index in [1.807, 2.05) is 13.0 Å². The van der Waals surface area contributed by atoms with Crippen LogP contribution in [0.15, 0.2) is 11.8 Å². The summed E-state index contributed by atoms with van der Waals surface area (Å²) in [6.07, 6.45) is 3.17. The second-order valence-corrected chi connectivity index (χ2v) is 3.16. The van der Waals surface area contributed by atoms with Crippen molar-refractivity contribution in [2.75, 3.05) is 13.2 Å². The van der Waals surface area contributed by atoms with Crippen molar-refractivity contribution in [3.63, 3.8) is 0 Å². The maximum atomic E-state index is 10.7. The van der Waals surface area contributed by atoms with Gasteiger partial charge in [0.1, 0.15) is 11.5 Å². The van der Waals surface area contributed by atoms with Gasteiger partial charge in [0.05, 0.1) is 12.6 Å². The number of carbonyl (C=O) groups is 1. The van der Waals surface area contributed by atoms with Crippen LogP contribution in [-0.4, -0.2) is 25.0 Å². The van der Waals surface area contributed by atoms with Crippen molar-refractivity contribution in [3.8, 4) is 0 Å². The lowest BCUT2D eigenvalue weighted by molar-refractivity contribution is -0.117. The van der Waals surface area contributed by atoms with Gasteiger partial charge in [-0.15, -0.1) is 0 Å². The molecule has 0 saturated heterocycles.